The molecule has 4 nitrogen and oxygen atoms in total. The van der Waals surface area contributed by atoms with Gasteiger partial charge in [0.05, 0.1) is 6.54 Å². The molecule has 0 bridgehead atoms. The highest BCUT2D eigenvalue weighted by Crippen LogP contribution is 2.14. The van der Waals surface area contributed by atoms with E-state index in [1.165, 1.54) is 0 Å². The van der Waals surface area contributed by atoms with Gasteiger partial charge < -0.3 is 4.90 Å². The normalized spacial score (nSPS) is 16.7. The third kappa shape index (κ3) is 1.66. The van der Waals surface area contributed by atoms with Gasteiger partial charge in [0.1, 0.15) is 11.6 Å². The molecule has 4 heteroatoms. The molecule has 1 aliphatic heterocycles. The summed E-state index contributed by atoms with van der Waals surface area (Å²) < 4.78 is 0. The number of aromatic nitrogens is 2. The first kappa shape index (κ1) is 8.16. The summed E-state index contributed by atoms with van der Waals surface area (Å²) >= 11 is 0. The van der Waals surface area contributed by atoms with Crippen molar-refractivity contribution in [3.05, 3.63) is 18.1 Å². The summed E-state index contributed by atoms with van der Waals surface area (Å²) in [5.41, 5.74) is 0. The van der Waals surface area contributed by atoms with Crippen LogP contribution in [0.3, 0.4) is 0 Å². The van der Waals surface area contributed by atoms with Gasteiger partial charge in [-0.05, 0) is 13.0 Å². The standard InChI is InChI=1S/C9H11N3O/c1-7-10-4-2-9(11-7)12-5-3-8(13)6-12/h2,4H,3,5-6H2,1H3. The summed E-state index contributed by atoms with van der Waals surface area (Å²) in [6.45, 7) is 3.13. The minimum atomic E-state index is 0.288. The summed E-state index contributed by atoms with van der Waals surface area (Å²) in [6, 6.07) is 1.84. The summed E-state index contributed by atoms with van der Waals surface area (Å²) in [5, 5.41) is 0. The predicted octanol–water partition coefficient (Wildman–Crippen LogP) is 0.564. The van der Waals surface area contributed by atoms with Crippen molar-refractivity contribution in [1.29, 1.82) is 0 Å². The molecule has 1 saturated heterocycles. The number of ketones is 1. The van der Waals surface area contributed by atoms with Crippen LogP contribution in [0.5, 0.6) is 0 Å². The van der Waals surface area contributed by atoms with Crippen molar-refractivity contribution < 1.29 is 4.79 Å². The van der Waals surface area contributed by atoms with Gasteiger partial charge in [-0.3, -0.25) is 4.79 Å². The Morgan fingerprint density at radius 3 is 3.00 bits per heavy atom. The minimum Gasteiger partial charge on any atom is -0.349 e. The van der Waals surface area contributed by atoms with E-state index in [1.807, 2.05) is 17.9 Å². The number of hydrogen-bond acceptors (Lipinski definition) is 4. The van der Waals surface area contributed by atoms with Crippen molar-refractivity contribution >= 4 is 11.6 Å². The number of rotatable bonds is 1. The van der Waals surface area contributed by atoms with Gasteiger partial charge in [-0.25, -0.2) is 9.97 Å². The lowest BCUT2D eigenvalue weighted by molar-refractivity contribution is -0.116. The Labute approximate surface area is 76.6 Å². The summed E-state index contributed by atoms with van der Waals surface area (Å²) in [4.78, 5) is 21.3. The Morgan fingerprint density at radius 2 is 2.38 bits per heavy atom. The smallest absolute Gasteiger partial charge is 0.153 e. The van der Waals surface area contributed by atoms with E-state index in [1.54, 1.807) is 6.20 Å². The second kappa shape index (κ2) is 3.12. The maximum atomic E-state index is 11.0. The average molecular weight is 177 g/mol. The monoisotopic (exact) mass is 177 g/mol. The van der Waals surface area contributed by atoms with Crippen LogP contribution in [0.15, 0.2) is 12.3 Å². The van der Waals surface area contributed by atoms with Gasteiger partial charge in [0.2, 0.25) is 0 Å². The molecule has 1 fully saturated rings. The van der Waals surface area contributed by atoms with Crippen LogP contribution in [0.25, 0.3) is 0 Å². The molecule has 0 atom stereocenters. The summed E-state index contributed by atoms with van der Waals surface area (Å²) in [6.07, 6.45) is 2.36. The van der Waals surface area contributed by atoms with E-state index in [-0.39, 0.29) is 5.78 Å². The van der Waals surface area contributed by atoms with E-state index < -0.39 is 0 Å². The molecule has 0 radical (unpaired) electrons. The second-order valence-corrected chi connectivity index (χ2v) is 3.17. The maximum absolute atomic E-state index is 11.0. The van der Waals surface area contributed by atoms with Crippen molar-refractivity contribution in [2.24, 2.45) is 0 Å². The second-order valence-electron chi connectivity index (χ2n) is 3.17. The largest absolute Gasteiger partial charge is 0.349 e. The van der Waals surface area contributed by atoms with E-state index in [9.17, 15) is 4.79 Å². The van der Waals surface area contributed by atoms with E-state index in [4.69, 9.17) is 0 Å². The van der Waals surface area contributed by atoms with Gasteiger partial charge in [0.15, 0.2) is 5.78 Å². The van der Waals surface area contributed by atoms with Crippen molar-refractivity contribution in [3.8, 4) is 0 Å². The lowest BCUT2D eigenvalue weighted by atomic mass is 10.4. The molecule has 0 unspecified atom stereocenters. The highest BCUT2D eigenvalue weighted by Gasteiger charge is 2.20. The third-order valence-electron chi connectivity index (χ3n) is 2.11. The van der Waals surface area contributed by atoms with Gasteiger partial charge in [0, 0.05) is 19.2 Å². The predicted molar refractivity (Wildman–Crippen MR) is 48.6 cm³/mol. The summed E-state index contributed by atoms with van der Waals surface area (Å²) in [5.74, 6) is 1.89. The number of Topliss-reactive ketones (excluding diaryl/α,β-unsaturated/α-hetero) is 1. The lowest BCUT2D eigenvalue weighted by Gasteiger charge is -2.14. The molecule has 1 aromatic heterocycles. The molecule has 0 aromatic carbocycles. The molecule has 2 rings (SSSR count). The average Bonchev–Trinajstić information content (AvgIpc) is 2.52. The zero-order valence-electron chi connectivity index (χ0n) is 7.53. The number of carbonyl (C=O) groups is 1. The first-order valence-electron chi connectivity index (χ1n) is 4.32. The number of nitrogens with zero attached hydrogens (tertiary/aromatic N) is 3. The molecule has 68 valence electrons. The number of hydrogen-bond donors (Lipinski definition) is 0. The molecular formula is C9H11N3O. The Kier molecular flexibility index (Phi) is 1.96. The Hall–Kier alpha value is -1.45. The van der Waals surface area contributed by atoms with Crippen LogP contribution in [0.1, 0.15) is 12.2 Å². The topological polar surface area (TPSA) is 46.1 Å². The van der Waals surface area contributed by atoms with Gasteiger partial charge in [-0.15, -0.1) is 0 Å². The van der Waals surface area contributed by atoms with E-state index in [0.717, 1.165) is 18.2 Å². The molecule has 0 aliphatic carbocycles. The van der Waals surface area contributed by atoms with Gasteiger partial charge in [0.25, 0.3) is 0 Å². The number of aryl methyl sites for hydroxylation is 1. The fourth-order valence-electron chi connectivity index (χ4n) is 1.45. The van der Waals surface area contributed by atoms with Crippen molar-refractivity contribution in [1.82, 2.24) is 9.97 Å². The first-order valence-corrected chi connectivity index (χ1v) is 4.32. The zero-order chi connectivity index (χ0) is 9.26. The third-order valence-corrected chi connectivity index (χ3v) is 2.11. The van der Waals surface area contributed by atoms with Crippen molar-refractivity contribution in [2.75, 3.05) is 18.0 Å². The van der Waals surface area contributed by atoms with Crippen molar-refractivity contribution in [3.63, 3.8) is 0 Å². The minimum absolute atomic E-state index is 0.288. The molecule has 2 heterocycles. The molecule has 0 amide bonds. The molecule has 1 aromatic rings. The number of carbonyl (C=O) groups excluding carboxylic acids is 1. The zero-order valence-corrected chi connectivity index (χ0v) is 7.53. The Bertz CT molecular complexity index is 337. The fourth-order valence-corrected chi connectivity index (χ4v) is 1.45. The van der Waals surface area contributed by atoms with Crippen LogP contribution in [0.4, 0.5) is 5.82 Å². The molecule has 0 N–H and O–H groups in total. The summed E-state index contributed by atoms with van der Waals surface area (Å²) in [7, 11) is 0. The Balaban J connectivity index is 2.21. The van der Waals surface area contributed by atoms with E-state index >= 15 is 0 Å². The van der Waals surface area contributed by atoms with E-state index in [0.29, 0.717) is 13.0 Å². The van der Waals surface area contributed by atoms with E-state index in [2.05, 4.69) is 9.97 Å². The molecule has 13 heavy (non-hydrogen) atoms. The van der Waals surface area contributed by atoms with Crippen LogP contribution < -0.4 is 4.90 Å². The van der Waals surface area contributed by atoms with Crippen LogP contribution in [0.2, 0.25) is 0 Å². The first-order chi connectivity index (χ1) is 6.25. The van der Waals surface area contributed by atoms with Gasteiger partial charge in [-0.2, -0.15) is 0 Å². The van der Waals surface area contributed by atoms with Gasteiger partial charge in [-0.1, -0.05) is 0 Å². The quantitative estimate of drug-likeness (QED) is 0.629. The Morgan fingerprint density at radius 1 is 1.54 bits per heavy atom. The van der Waals surface area contributed by atoms with Gasteiger partial charge >= 0.3 is 0 Å². The number of anilines is 1. The van der Waals surface area contributed by atoms with Crippen LogP contribution in [0, 0.1) is 6.92 Å². The molecular weight excluding hydrogens is 166 g/mol. The fraction of sp³-hybridized carbons (Fsp3) is 0.444. The maximum Gasteiger partial charge on any atom is 0.153 e. The van der Waals surface area contributed by atoms with Crippen LogP contribution >= 0.6 is 0 Å². The van der Waals surface area contributed by atoms with Crippen molar-refractivity contribution in [2.45, 2.75) is 13.3 Å². The molecule has 0 spiro atoms. The van der Waals surface area contributed by atoms with Crippen LogP contribution in [-0.2, 0) is 4.79 Å². The van der Waals surface area contributed by atoms with Crippen LogP contribution in [-0.4, -0.2) is 28.8 Å². The lowest BCUT2D eigenvalue weighted by Crippen LogP contribution is -2.20. The SMILES string of the molecule is Cc1nccc(N2CCC(=O)C2)n1. The molecule has 0 saturated carbocycles. The highest BCUT2D eigenvalue weighted by molar-refractivity contribution is 5.86. The highest BCUT2D eigenvalue weighted by atomic mass is 16.1. The molecule has 1 aliphatic rings.